The van der Waals surface area contributed by atoms with Crippen molar-refractivity contribution in [2.24, 2.45) is 12.1 Å². The molecule has 0 aliphatic carbocycles. The van der Waals surface area contributed by atoms with Crippen molar-refractivity contribution in [2.75, 3.05) is 31.1 Å². The fourth-order valence-electron chi connectivity index (χ4n) is 4.77. The van der Waals surface area contributed by atoms with Crippen LogP contribution < -0.4 is 4.90 Å². The third kappa shape index (κ3) is 4.48. The smallest absolute Gasteiger partial charge is 0.202 e. The second-order valence-electron chi connectivity index (χ2n) is 8.82. The zero-order valence-electron chi connectivity index (χ0n) is 19.4. The Balaban J connectivity index is 1.28. The number of hydrogen-bond acceptors (Lipinski definition) is 7. The van der Waals surface area contributed by atoms with Crippen molar-refractivity contribution < 1.29 is 18.3 Å². The van der Waals surface area contributed by atoms with E-state index in [1.54, 1.807) is 30.2 Å². The number of nitrogens with zero attached hydrogens (tertiary/aromatic N) is 7. The van der Waals surface area contributed by atoms with Gasteiger partial charge in [-0.2, -0.15) is 10.2 Å². The first-order valence-electron chi connectivity index (χ1n) is 11.4. The largest absolute Gasteiger partial charge is 0.360 e. The molecule has 4 heterocycles. The van der Waals surface area contributed by atoms with Crippen molar-refractivity contribution in [3.05, 3.63) is 65.2 Å². The van der Waals surface area contributed by atoms with Gasteiger partial charge in [-0.05, 0) is 36.2 Å². The summed E-state index contributed by atoms with van der Waals surface area (Å²) in [7, 11) is 1.77. The van der Waals surface area contributed by atoms with E-state index >= 15 is 0 Å². The molecule has 2 atom stereocenters. The molecule has 1 fully saturated rings. The quantitative estimate of drug-likeness (QED) is 0.599. The number of benzene rings is 1. The number of rotatable bonds is 5. The van der Waals surface area contributed by atoms with Crippen LogP contribution in [0.2, 0.25) is 0 Å². The highest BCUT2D eigenvalue weighted by molar-refractivity contribution is 5.67. The Morgan fingerprint density at radius 3 is 2.37 bits per heavy atom. The highest BCUT2D eigenvalue weighted by atomic mass is 19.1. The number of aliphatic hydroxyl groups is 1. The van der Waals surface area contributed by atoms with Crippen LogP contribution in [0, 0.1) is 24.4 Å². The van der Waals surface area contributed by atoms with E-state index in [0.29, 0.717) is 55.2 Å². The second-order valence-corrected chi connectivity index (χ2v) is 8.82. The molecule has 2 aromatic heterocycles. The van der Waals surface area contributed by atoms with Crippen molar-refractivity contribution >= 4 is 12.0 Å². The Kier molecular flexibility index (Phi) is 6.20. The van der Waals surface area contributed by atoms with Crippen LogP contribution in [0.5, 0.6) is 0 Å². The van der Waals surface area contributed by atoms with Crippen LogP contribution >= 0.6 is 0 Å². The van der Waals surface area contributed by atoms with Gasteiger partial charge in [-0.25, -0.2) is 23.2 Å². The topological polar surface area (TPSA) is 73.0 Å². The maximum atomic E-state index is 14.6. The zero-order chi connectivity index (χ0) is 24.7. The summed E-state index contributed by atoms with van der Waals surface area (Å²) in [5.41, 5.74) is 2.43. The van der Waals surface area contributed by atoms with Crippen molar-refractivity contribution in [2.45, 2.75) is 25.7 Å². The number of hydrogen-bond donors (Lipinski definition) is 1. The summed E-state index contributed by atoms with van der Waals surface area (Å²) in [4.78, 5) is 8.16. The Morgan fingerprint density at radius 1 is 1.00 bits per heavy atom. The summed E-state index contributed by atoms with van der Waals surface area (Å²) < 4.78 is 43.7. The van der Waals surface area contributed by atoms with Crippen molar-refractivity contribution in [1.82, 2.24) is 24.7 Å². The average Bonchev–Trinajstić information content (AvgIpc) is 3.45. The molecule has 8 nitrogen and oxygen atoms in total. The van der Waals surface area contributed by atoms with E-state index in [1.165, 1.54) is 23.3 Å². The van der Waals surface area contributed by atoms with Gasteiger partial charge in [-0.15, -0.1) is 0 Å². The normalized spacial score (nSPS) is 19.5. The van der Waals surface area contributed by atoms with Gasteiger partial charge in [-0.3, -0.25) is 9.58 Å². The lowest BCUT2D eigenvalue weighted by Gasteiger charge is -2.41. The van der Waals surface area contributed by atoms with Crippen molar-refractivity contribution in [3.63, 3.8) is 0 Å². The molecule has 1 N–H and O–H groups in total. The summed E-state index contributed by atoms with van der Waals surface area (Å²) in [6.07, 6.45) is 3.94. The first kappa shape index (κ1) is 23.3. The first-order valence-corrected chi connectivity index (χ1v) is 11.4. The van der Waals surface area contributed by atoms with Gasteiger partial charge in [0.05, 0.1) is 24.1 Å². The SMILES string of the molecule is Cc1cnn(C)c1-c1cc(N2CCN(C(O)N3N=CC[C@H]3c3cc(F)cc(F)c3)CC2)ncc1F. The van der Waals surface area contributed by atoms with Gasteiger partial charge in [0.1, 0.15) is 17.5 Å². The van der Waals surface area contributed by atoms with Crippen LogP contribution in [0.4, 0.5) is 19.0 Å². The van der Waals surface area contributed by atoms with Gasteiger partial charge in [0.15, 0.2) is 5.82 Å². The molecular weight excluding hydrogens is 459 g/mol. The molecule has 184 valence electrons. The Bertz CT molecular complexity index is 1220. The minimum absolute atomic E-state index is 0.416. The lowest BCUT2D eigenvalue weighted by atomic mass is 10.0. The Morgan fingerprint density at radius 2 is 1.71 bits per heavy atom. The predicted molar refractivity (Wildman–Crippen MR) is 125 cm³/mol. The summed E-state index contributed by atoms with van der Waals surface area (Å²) in [5.74, 6) is -1.10. The number of piperazine rings is 1. The van der Waals surface area contributed by atoms with Crippen molar-refractivity contribution in [1.29, 1.82) is 0 Å². The third-order valence-electron chi connectivity index (χ3n) is 6.55. The number of pyridine rings is 1. The number of hydrazone groups is 1. The number of aryl methyl sites for hydroxylation is 2. The summed E-state index contributed by atoms with van der Waals surface area (Å²) in [6.45, 7) is 3.98. The highest BCUT2D eigenvalue weighted by Crippen LogP contribution is 2.32. The summed E-state index contributed by atoms with van der Waals surface area (Å²) >= 11 is 0. The summed E-state index contributed by atoms with van der Waals surface area (Å²) in [5, 5.41) is 21.0. The highest BCUT2D eigenvalue weighted by Gasteiger charge is 2.34. The molecule has 1 aromatic carbocycles. The second kappa shape index (κ2) is 9.31. The van der Waals surface area contributed by atoms with Crippen LogP contribution in [-0.2, 0) is 7.05 Å². The minimum atomic E-state index is -1.05. The lowest BCUT2D eigenvalue weighted by Crippen LogP contribution is -2.55. The predicted octanol–water partition coefficient (Wildman–Crippen LogP) is 3.04. The number of aromatic nitrogens is 3. The average molecular weight is 486 g/mol. The summed E-state index contributed by atoms with van der Waals surface area (Å²) in [6, 6.07) is 4.62. The van der Waals surface area contributed by atoms with Gasteiger partial charge in [0.2, 0.25) is 6.35 Å². The number of anilines is 1. The standard InChI is InChI=1S/C24H26F3N7O/c1-15-13-30-31(2)23(15)19-12-22(28-14-20(19)27)32-5-7-33(8-6-32)24(35)34-21(3-4-29-34)16-9-17(25)11-18(26)10-16/h4,9-14,21,24,35H,3,5-8H2,1-2H3/t21-,24?/m0/s1. The third-order valence-corrected chi connectivity index (χ3v) is 6.55. The van der Waals surface area contributed by atoms with E-state index in [2.05, 4.69) is 15.2 Å². The molecule has 1 unspecified atom stereocenters. The van der Waals surface area contributed by atoms with Gasteiger partial charge >= 0.3 is 0 Å². The fourth-order valence-corrected chi connectivity index (χ4v) is 4.77. The molecular formula is C24H26F3N7O. The molecule has 5 rings (SSSR count). The first-order chi connectivity index (χ1) is 16.8. The molecule has 0 saturated carbocycles. The molecule has 0 bridgehead atoms. The van der Waals surface area contributed by atoms with E-state index in [1.807, 2.05) is 16.7 Å². The molecule has 0 spiro atoms. The maximum Gasteiger partial charge on any atom is 0.202 e. The molecule has 1 saturated heterocycles. The van der Waals surface area contributed by atoms with Crippen LogP contribution in [-0.4, -0.2) is 68.5 Å². The monoisotopic (exact) mass is 485 g/mol. The van der Waals surface area contributed by atoms with Crippen LogP contribution in [0.25, 0.3) is 11.3 Å². The van der Waals surface area contributed by atoms with Crippen LogP contribution in [0.15, 0.2) is 41.8 Å². The van der Waals surface area contributed by atoms with E-state index in [-0.39, 0.29) is 0 Å². The molecule has 0 radical (unpaired) electrons. The molecule has 2 aliphatic heterocycles. The molecule has 2 aliphatic rings. The van der Waals surface area contributed by atoms with Gasteiger partial charge in [0, 0.05) is 57.5 Å². The van der Waals surface area contributed by atoms with E-state index < -0.39 is 29.8 Å². The fraction of sp³-hybridized carbons (Fsp3) is 0.375. The van der Waals surface area contributed by atoms with Crippen molar-refractivity contribution in [3.8, 4) is 11.3 Å². The minimum Gasteiger partial charge on any atom is -0.360 e. The van der Waals surface area contributed by atoms with Gasteiger partial charge < -0.3 is 10.0 Å². The van der Waals surface area contributed by atoms with E-state index in [9.17, 15) is 18.3 Å². The van der Waals surface area contributed by atoms with Gasteiger partial charge in [-0.1, -0.05) is 0 Å². The molecule has 35 heavy (non-hydrogen) atoms. The lowest BCUT2D eigenvalue weighted by molar-refractivity contribution is -0.126. The number of halogens is 3. The van der Waals surface area contributed by atoms with Gasteiger partial charge in [0.25, 0.3) is 0 Å². The van der Waals surface area contributed by atoms with Crippen LogP contribution in [0.3, 0.4) is 0 Å². The Labute approximate surface area is 200 Å². The maximum absolute atomic E-state index is 14.6. The van der Waals surface area contributed by atoms with E-state index in [4.69, 9.17) is 0 Å². The molecule has 0 amide bonds. The molecule has 11 heteroatoms. The van der Waals surface area contributed by atoms with Crippen LogP contribution in [0.1, 0.15) is 23.6 Å². The zero-order valence-corrected chi connectivity index (χ0v) is 19.4. The molecule has 3 aromatic rings. The van der Waals surface area contributed by atoms with E-state index in [0.717, 1.165) is 11.6 Å². The number of aliphatic hydroxyl groups excluding tert-OH is 1. The Hall–Kier alpha value is -3.44.